The molecule has 0 saturated heterocycles. The maximum Gasteiger partial charge on any atom is 0.165 e. The second kappa shape index (κ2) is 8.79. The molecule has 5 heteroatoms. The summed E-state index contributed by atoms with van der Waals surface area (Å²) in [5, 5.41) is 9.82. The molecule has 1 aromatic rings. The summed E-state index contributed by atoms with van der Waals surface area (Å²) in [6.45, 7) is 7.04. The molecule has 0 aliphatic carbocycles. The van der Waals surface area contributed by atoms with Crippen molar-refractivity contribution in [2.75, 3.05) is 19.8 Å². The van der Waals surface area contributed by atoms with Crippen LogP contribution in [0.4, 0.5) is 0 Å². The molecule has 3 N–H and O–H groups in total. The van der Waals surface area contributed by atoms with E-state index in [4.69, 9.17) is 19.9 Å². The highest BCUT2D eigenvalue weighted by atomic mass is 16.5. The summed E-state index contributed by atoms with van der Waals surface area (Å²) in [6, 6.07) is 5.59. The number of ether oxygens (including phenoxy) is 3. The first-order valence-electron chi connectivity index (χ1n) is 6.95. The molecule has 5 nitrogen and oxygen atoms in total. The second-order valence-corrected chi connectivity index (χ2v) is 4.73. The van der Waals surface area contributed by atoms with Gasteiger partial charge in [0.15, 0.2) is 11.5 Å². The van der Waals surface area contributed by atoms with Crippen molar-refractivity contribution >= 4 is 0 Å². The Morgan fingerprint density at radius 1 is 1.20 bits per heavy atom. The number of hydrogen-bond donors (Lipinski definition) is 2. The first-order chi connectivity index (χ1) is 9.58. The molecule has 0 heterocycles. The lowest BCUT2D eigenvalue weighted by Gasteiger charge is -2.18. The van der Waals surface area contributed by atoms with E-state index in [1.54, 1.807) is 0 Å². The van der Waals surface area contributed by atoms with E-state index >= 15 is 0 Å². The quantitative estimate of drug-likeness (QED) is 0.721. The van der Waals surface area contributed by atoms with E-state index in [2.05, 4.69) is 0 Å². The van der Waals surface area contributed by atoms with E-state index in [1.807, 2.05) is 39.0 Å². The van der Waals surface area contributed by atoms with E-state index in [-0.39, 0.29) is 19.3 Å². The van der Waals surface area contributed by atoms with Gasteiger partial charge in [-0.25, -0.2) is 0 Å². The summed E-state index contributed by atoms with van der Waals surface area (Å²) in [4.78, 5) is 0. The van der Waals surface area contributed by atoms with E-state index in [0.29, 0.717) is 24.7 Å². The minimum Gasteiger partial charge on any atom is -0.490 e. The van der Waals surface area contributed by atoms with Crippen LogP contribution in [0.1, 0.15) is 26.3 Å². The van der Waals surface area contributed by atoms with Crippen molar-refractivity contribution in [3.8, 4) is 11.5 Å². The molecular formula is C15H25NO4. The first-order valence-corrected chi connectivity index (χ1v) is 6.95. The fraction of sp³-hybridized carbons (Fsp3) is 0.600. The SMILES string of the molecule is CCOc1cccc(CN)c1OCC(O)COC(C)C. The number of nitrogens with two attached hydrogens (primary N) is 1. The largest absolute Gasteiger partial charge is 0.490 e. The smallest absolute Gasteiger partial charge is 0.165 e. The minimum absolute atomic E-state index is 0.0833. The van der Waals surface area contributed by atoms with Crippen molar-refractivity contribution in [1.29, 1.82) is 0 Å². The number of aliphatic hydroxyl groups excluding tert-OH is 1. The second-order valence-electron chi connectivity index (χ2n) is 4.73. The van der Waals surface area contributed by atoms with Crippen LogP contribution in [0, 0.1) is 0 Å². The van der Waals surface area contributed by atoms with Crippen LogP contribution in [0.25, 0.3) is 0 Å². The van der Waals surface area contributed by atoms with Crippen LogP contribution >= 0.6 is 0 Å². The average molecular weight is 283 g/mol. The molecule has 1 unspecified atom stereocenters. The van der Waals surface area contributed by atoms with Crippen LogP contribution in [-0.4, -0.2) is 37.1 Å². The van der Waals surface area contributed by atoms with Gasteiger partial charge in [-0.1, -0.05) is 12.1 Å². The predicted octanol–water partition coefficient (Wildman–Crippen LogP) is 1.71. The van der Waals surface area contributed by atoms with Crippen molar-refractivity contribution in [2.45, 2.75) is 39.5 Å². The monoisotopic (exact) mass is 283 g/mol. The molecule has 0 saturated carbocycles. The highest BCUT2D eigenvalue weighted by Gasteiger charge is 2.13. The standard InChI is InChI=1S/C15H25NO4/c1-4-18-14-7-5-6-12(8-16)15(14)20-10-13(17)9-19-11(2)3/h5-7,11,13,17H,4,8-10,16H2,1-3H3. The lowest BCUT2D eigenvalue weighted by atomic mass is 10.2. The lowest BCUT2D eigenvalue weighted by Crippen LogP contribution is -2.25. The van der Waals surface area contributed by atoms with Gasteiger partial charge < -0.3 is 25.1 Å². The normalized spacial score (nSPS) is 12.5. The Morgan fingerprint density at radius 2 is 1.95 bits per heavy atom. The summed E-state index contributed by atoms with van der Waals surface area (Å²) in [6.07, 6.45) is -0.599. The molecule has 0 fully saturated rings. The number of aliphatic hydroxyl groups is 1. The Morgan fingerprint density at radius 3 is 2.55 bits per heavy atom. The van der Waals surface area contributed by atoms with Crippen LogP contribution in [0.15, 0.2) is 18.2 Å². The number of para-hydroxylation sites is 1. The maximum absolute atomic E-state index is 9.82. The molecule has 0 amide bonds. The summed E-state index contributed by atoms with van der Waals surface area (Å²) in [5.74, 6) is 1.24. The third kappa shape index (κ3) is 5.36. The van der Waals surface area contributed by atoms with Crippen LogP contribution in [0.3, 0.4) is 0 Å². The van der Waals surface area contributed by atoms with Crippen molar-refractivity contribution in [1.82, 2.24) is 0 Å². The van der Waals surface area contributed by atoms with Crippen molar-refractivity contribution in [2.24, 2.45) is 5.73 Å². The zero-order chi connectivity index (χ0) is 15.0. The molecule has 114 valence electrons. The molecule has 20 heavy (non-hydrogen) atoms. The van der Waals surface area contributed by atoms with Gasteiger partial charge in [0.05, 0.1) is 19.3 Å². The summed E-state index contributed by atoms with van der Waals surface area (Å²) < 4.78 is 16.5. The Bertz CT molecular complexity index is 395. The third-order valence-electron chi connectivity index (χ3n) is 2.62. The van der Waals surface area contributed by atoms with Crippen LogP contribution in [-0.2, 0) is 11.3 Å². The molecule has 0 aromatic heterocycles. The van der Waals surface area contributed by atoms with E-state index < -0.39 is 6.10 Å². The van der Waals surface area contributed by atoms with Crippen LogP contribution < -0.4 is 15.2 Å². The average Bonchev–Trinajstić information content (AvgIpc) is 2.43. The highest BCUT2D eigenvalue weighted by Crippen LogP contribution is 2.31. The van der Waals surface area contributed by atoms with E-state index in [0.717, 1.165) is 5.56 Å². The molecule has 0 bridgehead atoms. The molecule has 1 atom stereocenters. The Balaban J connectivity index is 2.65. The maximum atomic E-state index is 9.82. The van der Waals surface area contributed by atoms with Crippen molar-refractivity contribution in [3.63, 3.8) is 0 Å². The summed E-state index contributed by atoms with van der Waals surface area (Å²) >= 11 is 0. The van der Waals surface area contributed by atoms with Gasteiger partial charge in [-0.2, -0.15) is 0 Å². The van der Waals surface area contributed by atoms with Gasteiger partial charge >= 0.3 is 0 Å². The fourth-order valence-electron chi connectivity index (χ4n) is 1.69. The lowest BCUT2D eigenvalue weighted by molar-refractivity contribution is -0.0127. The fourth-order valence-corrected chi connectivity index (χ4v) is 1.69. The van der Waals surface area contributed by atoms with Gasteiger partial charge in [0.25, 0.3) is 0 Å². The van der Waals surface area contributed by atoms with Crippen LogP contribution in [0.2, 0.25) is 0 Å². The zero-order valence-corrected chi connectivity index (χ0v) is 12.5. The van der Waals surface area contributed by atoms with Gasteiger partial charge in [-0.3, -0.25) is 0 Å². The van der Waals surface area contributed by atoms with Gasteiger partial charge in [-0.15, -0.1) is 0 Å². The van der Waals surface area contributed by atoms with Crippen molar-refractivity contribution in [3.05, 3.63) is 23.8 Å². The molecule has 1 aromatic carbocycles. The molecule has 0 aliphatic heterocycles. The zero-order valence-electron chi connectivity index (χ0n) is 12.5. The summed E-state index contributed by atoms with van der Waals surface area (Å²) in [5.41, 5.74) is 6.55. The number of hydrogen-bond acceptors (Lipinski definition) is 5. The summed E-state index contributed by atoms with van der Waals surface area (Å²) in [7, 11) is 0. The molecule has 1 rings (SSSR count). The third-order valence-corrected chi connectivity index (χ3v) is 2.62. The van der Waals surface area contributed by atoms with Gasteiger partial charge in [-0.05, 0) is 26.8 Å². The number of rotatable bonds is 9. The highest BCUT2D eigenvalue weighted by molar-refractivity contribution is 5.46. The Hall–Kier alpha value is -1.30. The predicted molar refractivity (Wildman–Crippen MR) is 78.1 cm³/mol. The molecular weight excluding hydrogens is 258 g/mol. The van der Waals surface area contributed by atoms with Gasteiger partial charge in [0.1, 0.15) is 12.7 Å². The van der Waals surface area contributed by atoms with Gasteiger partial charge in [0, 0.05) is 12.1 Å². The minimum atomic E-state index is -0.683. The van der Waals surface area contributed by atoms with E-state index in [1.165, 1.54) is 0 Å². The molecule has 0 aliphatic rings. The van der Waals surface area contributed by atoms with Crippen molar-refractivity contribution < 1.29 is 19.3 Å². The first kappa shape index (κ1) is 16.8. The molecule has 0 radical (unpaired) electrons. The Kier molecular flexibility index (Phi) is 7.36. The molecule has 0 spiro atoms. The van der Waals surface area contributed by atoms with Gasteiger partial charge in [0.2, 0.25) is 0 Å². The topological polar surface area (TPSA) is 73.9 Å². The van der Waals surface area contributed by atoms with E-state index in [9.17, 15) is 5.11 Å². The van der Waals surface area contributed by atoms with Crippen LogP contribution in [0.5, 0.6) is 11.5 Å². The Labute approximate surface area is 120 Å². The number of benzene rings is 1.